The van der Waals surface area contributed by atoms with Gasteiger partial charge < -0.3 is 20.8 Å². The number of fused-ring (bicyclic) bond motifs is 1. The van der Waals surface area contributed by atoms with Crippen molar-refractivity contribution >= 4 is 22.5 Å². The first kappa shape index (κ1) is 21.7. The number of nitrogens with one attached hydrogen (secondary N) is 3. The second kappa shape index (κ2) is 8.76. The predicted octanol–water partition coefficient (Wildman–Crippen LogP) is 2.26. The lowest BCUT2D eigenvalue weighted by molar-refractivity contribution is -0.00177. The summed E-state index contributed by atoms with van der Waals surface area (Å²) in [6.45, 7) is 4.18. The number of aromatic nitrogens is 3. The van der Waals surface area contributed by atoms with Crippen molar-refractivity contribution in [2.75, 3.05) is 18.4 Å². The second-order valence-electron chi connectivity index (χ2n) is 7.83. The zero-order valence-electron chi connectivity index (χ0n) is 17.1. The molecule has 5 N–H and O–H groups in total. The number of halogens is 1. The van der Waals surface area contributed by atoms with Crippen LogP contribution in [-0.4, -0.2) is 62.3 Å². The maximum atomic E-state index is 14.1. The van der Waals surface area contributed by atoms with E-state index in [0.29, 0.717) is 16.6 Å². The van der Waals surface area contributed by atoms with E-state index in [1.165, 1.54) is 20.0 Å². The molecule has 8 nitrogen and oxygen atoms in total. The summed E-state index contributed by atoms with van der Waals surface area (Å²) in [7, 11) is 0. The molecule has 160 valence electrons. The molecule has 2 aromatic heterocycles. The Morgan fingerprint density at radius 2 is 2.03 bits per heavy atom. The second-order valence-corrected chi connectivity index (χ2v) is 7.83. The van der Waals surface area contributed by atoms with Gasteiger partial charge >= 0.3 is 0 Å². The maximum absolute atomic E-state index is 14.1. The minimum Gasteiger partial charge on any atom is -0.392 e. The minimum atomic E-state index is -1.63. The summed E-state index contributed by atoms with van der Waals surface area (Å²) >= 11 is 0. The van der Waals surface area contributed by atoms with E-state index in [9.17, 15) is 19.4 Å². The highest BCUT2D eigenvalue weighted by molar-refractivity contribution is 6.07. The van der Waals surface area contributed by atoms with Crippen molar-refractivity contribution < 1.29 is 19.4 Å². The Balaban J connectivity index is 1.99. The van der Waals surface area contributed by atoms with Crippen LogP contribution in [-0.2, 0) is 0 Å². The monoisotopic (exact) mass is 415 g/mol. The van der Waals surface area contributed by atoms with Crippen molar-refractivity contribution in [1.82, 2.24) is 20.5 Å². The van der Waals surface area contributed by atoms with Gasteiger partial charge in [-0.15, -0.1) is 0 Å². The van der Waals surface area contributed by atoms with Crippen molar-refractivity contribution in [2.24, 2.45) is 0 Å². The fraction of sp³-hybridized carbons (Fsp3) is 0.381. The van der Waals surface area contributed by atoms with Gasteiger partial charge in [0, 0.05) is 29.9 Å². The van der Waals surface area contributed by atoms with E-state index in [-0.39, 0.29) is 18.7 Å². The Labute approximate surface area is 173 Å². The number of aromatic amines is 1. The van der Waals surface area contributed by atoms with Crippen molar-refractivity contribution in [3.8, 4) is 11.1 Å². The fourth-order valence-electron chi connectivity index (χ4n) is 2.92. The van der Waals surface area contributed by atoms with Gasteiger partial charge in [0.2, 0.25) is 0 Å². The van der Waals surface area contributed by atoms with Crippen LogP contribution in [0.15, 0.2) is 36.8 Å². The van der Waals surface area contributed by atoms with E-state index in [0.717, 1.165) is 11.1 Å². The molecule has 3 rings (SSSR count). The highest BCUT2D eigenvalue weighted by atomic mass is 19.1. The third kappa shape index (κ3) is 4.92. The molecular weight excluding hydrogens is 389 g/mol. The number of hydrogen-bond acceptors (Lipinski definition) is 6. The normalized spacial score (nSPS) is 13.8. The standard InChI is InChI=1S/C21H26FN5O3/c1-12(28)7-24-19-15-6-13(14-8-26-27-9-14)4-5-17(15)23-10-16(19)20(29)25-11-18(22)21(2,3)30/h4-6,8-10,12,18,28,30H,7,11H2,1-3H3,(H,23,24)(H,25,29)(H,26,27). The molecule has 2 unspecified atom stereocenters. The van der Waals surface area contributed by atoms with Gasteiger partial charge in [0.1, 0.15) is 6.17 Å². The predicted molar refractivity (Wildman–Crippen MR) is 113 cm³/mol. The summed E-state index contributed by atoms with van der Waals surface area (Å²) in [5.41, 5.74) is 1.55. The molecule has 0 saturated carbocycles. The average molecular weight is 415 g/mol. The topological polar surface area (TPSA) is 123 Å². The number of amides is 1. The Bertz CT molecular complexity index is 1020. The molecule has 3 aromatic rings. The summed E-state index contributed by atoms with van der Waals surface area (Å²) in [6.07, 6.45) is 2.58. The number of alkyl halides is 1. The number of carbonyl (C=O) groups is 1. The Kier molecular flexibility index (Phi) is 6.33. The molecule has 0 radical (unpaired) electrons. The summed E-state index contributed by atoms with van der Waals surface area (Å²) in [4.78, 5) is 17.1. The van der Waals surface area contributed by atoms with E-state index in [1.807, 2.05) is 18.2 Å². The molecule has 1 aromatic carbocycles. The molecular formula is C21H26FN5O3. The Morgan fingerprint density at radius 1 is 1.27 bits per heavy atom. The van der Waals surface area contributed by atoms with E-state index in [4.69, 9.17) is 0 Å². The number of anilines is 1. The van der Waals surface area contributed by atoms with Crippen LogP contribution in [0, 0.1) is 0 Å². The van der Waals surface area contributed by atoms with Gasteiger partial charge in [0.15, 0.2) is 0 Å². The maximum Gasteiger partial charge on any atom is 0.255 e. The first-order chi connectivity index (χ1) is 14.2. The molecule has 0 aliphatic rings. The quantitative estimate of drug-likeness (QED) is 0.385. The smallest absolute Gasteiger partial charge is 0.255 e. The number of benzene rings is 1. The molecule has 9 heteroatoms. The van der Waals surface area contributed by atoms with Gasteiger partial charge in [-0.3, -0.25) is 14.9 Å². The first-order valence-electron chi connectivity index (χ1n) is 9.65. The van der Waals surface area contributed by atoms with Crippen LogP contribution in [0.3, 0.4) is 0 Å². The number of hydrogen-bond donors (Lipinski definition) is 5. The Hall–Kier alpha value is -3.04. The number of pyridine rings is 1. The van der Waals surface area contributed by atoms with Crippen LogP contribution in [0.25, 0.3) is 22.0 Å². The largest absolute Gasteiger partial charge is 0.392 e. The average Bonchev–Trinajstić information content (AvgIpc) is 3.23. The molecule has 2 heterocycles. The molecule has 30 heavy (non-hydrogen) atoms. The van der Waals surface area contributed by atoms with Gasteiger partial charge in [0.05, 0.1) is 41.2 Å². The number of H-pyrrole nitrogens is 1. The summed E-state index contributed by atoms with van der Waals surface area (Å²) in [5.74, 6) is -0.530. The summed E-state index contributed by atoms with van der Waals surface area (Å²) < 4.78 is 14.1. The molecule has 0 bridgehead atoms. The molecule has 2 atom stereocenters. The van der Waals surface area contributed by atoms with E-state index >= 15 is 0 Å². The first-order valence-corrected chi connectivity index (χ1v) is 9.65. The minimum absolute atomic E-state index is 0.213. The van der Waals surface area contributed by atoms with Crippen LogP contribution >= 0.6 is 0 Å². The van der Waals surface area contributed by atoms with E-state index < -0.39 is 23.8 Å². The van der Waals surface area contributed by atoms with Gasteiger partial charge in [-0.25, -0.2) is 4.39 Å². The molecule has 0 fully saturated rings. The van der Waals surface area contributed by atoms with Crippen LogP contribution in [0.1, 0.15) is 31.1 Å². The van der Waals surface area contributed by atoms with Crippen LogP contribution in [0.5, 0.6) is 0 Å². The van der Waals surface area contributed by atoms with Crippen molar-refractivity contribution in [3.05, 3.63) is 42.4 Å². The van der Waals surface area contributed by atoms with Crippen LogP contribution in [0.2, 0.25) is 0 Å². The number of aliphatic hydroxyl groups is 2. The summed E-state index contributed by atoms with van der Waals surface area (Å²) in [6, 6.07) is 5.61. The molecule has 0 spiro atoms. The number of carbonyl (C=O) groups excluding carboxylic acids is 1. The number of nitrogens with zero attached hydrogens (tertiary/aromatic N) is 2. The van der Waals surface area contributed by atoms with E-state index in [2.05, 4.69) is 25.8 Å². The highest BCUT2D eigenvalue weighted by Crippen LogP contribution is 2.30. The fourth-order valence-corrected chi connectivity index (χ4v) is 2.92. The third-order valence-corrected chi connectivity index (χ3v) is 4.73. The van der Waals surface area contributed by atoms with Gasteiger partial charge in [-0.1, -0.05) is 6.07 Å². The lowest BCUT2D eigenvalue weighted by atomic mass is 10.0. The lowest BCUT2D eigenvalue weighted by Crippen LogP contribution is -2.42. The molecule has 1 amide bonds. The molecule has 0 aliphatic carbocycles. The Morgan fingerprint density at radius 3 is 2.67 bits per heavy atom. The molecule has 0 saturated heterocycles. The zero-order valence-corrected chi connectivity index (χ0v) is 17.1. The van der Waals surface area contributed by atoms with Crippen molar-refractivity contribution in [1.29, 1.82) is 0 Å². The number of rotatable bonds is 8. The molecule has 0 aliphatic heterocycles. The SMILES string of the molecule is CC(O)CNc1c(C(=O)NCC(F)C(C)(C)O)cnc2ccc(-c3cn[nH]c3)cc12. The van der Waals surface area contributed by atoms with Crippen molar-refractivity contribution in [2.45, 2.75) is 38.6 Å². The lowest BCUT2D eigenvalue weighted by Gasteiger charge is -2.23. The zero-order chi connectivity index (χ0) is 21.9. The van der Waals surface area contributed by atoms with Crippen LogP contribution < -0.4 is 10.6 Å². The van der Waals surface area contributed by atoms with Crippen molar-refractivity contribution in [3.63, 3.8) is 0 Å². The third-order valence-electron chi connectivity index (χ3n) is 4.73. The van der Waals surface area contributed by atoms with Gasteiger partial charge in [0.25, 0.3) is 5.91 Å². The van der Waals surface area contributed by atoms with Crippen LogP contribution in [0.4, 0.5) is 10.1 Å². The highest BCUT2D eigenvalue weighted by Gasteiger charge is 2.27. The van der Waals surface area contributed by atoms with Gasteiger partial charge in [-0.05, 0) is 38.5 Å². The van der Waals surface area contributed by atoms with E-state index in [1.54, 1.807) is 19.3 Å². The summed E-state index contributed by atoms with van der Waals surface area (Å²) in [5, 5.41) is 32.5. The van der Waals surface area contributed by atoms with Gasteiger partial charge in [-0.2, -0.15) is 5.10 Å². The number of aliphatic hydroxyl groups excluding tert-OH is 1.